The zero-order valence-electron chi connectivity index (χ0n) is 12.1. The highest BCUT2D eigenvalue weighted by Crippen LogP contribution is 2.28. The molecule has 0 unspecified atom stereocenters. The number of nitrogens with zero attached hydrogens (tertiary/aromatic N) is 3. The molecule has 1 aliphatic rings. The molecule has 0 spiro atoms. The third kappa shape index (κ3) is 3.02. The topological polar surface area (TPSA) is 30.3 Å². The lowest BCUT2D eigenvalue weighted by Crippen LogP contribution is -2.41. The minimum atomic E-state index is -0.170. The van der Waals surface area contributed by atoms with Crippen molar-refractivity contribution in [2.75, 3.05) is 13.1 Å². The molecule has 4 nitrogen and oxygen atoms in total. The molecule has 20 heavy (non-hydrogen) atoms. The molecule has 0 saturated carbocycles. The van der Waals surface area contributed by atoms with Gasteiger partial charge in [0.1, 0.15) is 11.4 Å². The van der Waals surface area contributed by atoms with Gasteiger partial charge in [0.05, 0.1) is 6.54 Å². The number of hydrogen-bond acceptors (Lipinski definition) is 3. The van der Waals surface area contributed by atoms with Gasteiger partial charge < -0.3 is 4.74 Å². The third-order valence-electron chi connectivity index (χ3n) is 3.56. The van der Waals surface area contributed by atoms with Gasteiger partial charge >= 0.3 is 0 Å². The van der Waals surface area contributed by atoms with Crippen molar-refractivity contribution < 1.29 is 4.74 Å². The van der Waals surface area contributed by atoms with E-state index in [0.717, 1.165) is 31.9 Å². The van der Waals surface area contributed by atoms with Gasteiger partial charge in [-0.1, -0.05) is 18.2 Å². The number of ether oxygens (including phenoxy) is 1. The van der Waals surface area contributed by atoms with Crippen molar-refractivity contribution >= 4 is 0 Å². The summed E-state index contributed by atoms with van der Waals surface area (Å²) in [7, 11) is 0. The molecule has 1 aromatic carbocycles. The smallest absolute Gasteiger partial charge is 0.124 e. The van der Waals surface area contributed by atoms with E-state index in [1.54, 1.807) is 0 Å². The highest BCUT2D eigenvalue weighted by atomic mass is 16.5. The van der Waals surface area contributed by atoms with Crippen LogP contribution in [0.2, 0.25) is 0 Å². The molecule has 0 radical (unpaired) electrons. The van der Waals surface area contributed by atoms with Gasteiger partial charge in [0.15, 0.2) is 0 Å². The molecule has 0 N–H and O–H groups in total. The Labute approximate surface area is 120 Å². The van der Waals surface area contributed by atoms with Gasteiger partial charge in [-0.3, -0.25) is 9.58 Å². The number of hydrogen-bond donors (Lipinski definition) is 0. The fraction of sp³-hybridized carbons (Fsp3) is 0.438. The second-order valence-corrected chi connectivity index (χ2v) is 5.95. The van der Waals surface area contributed by atoms with Crippen LogP contribution in [0.5, 0.6) is 5.75 Å². The zero-order valence-corrected chi connectivity index (χ0v) is 12.1. The SMILES string of the molecule is CC1(C)CN(CCn2cccn2)Cc2ccccc2O1. The molecule has 0 saturated heterocycles. The molecule has 0 atom stereocenters. The Morgan fingerprint density at radius 3 is 2.85 bits per heavy atom. The molecule has 2 aromatic rings. The van der Waals surface area contributed by atoms with Gasteiger partial charge in [0.25, 0.3) is 0 Å². The maximum absolute atomic E-state index is 6.15. The van der Waals surface area contributed by atoms with Crippen molar-refractivity contribution in [3.63, 3.8) is 0 Å². The summed E-state index contributed by atoms with van der Waals surface area (Å²) in [5.74, 6) is 1.01. The summed E-state index contributed by atoms with van der Waals surface area (Å²) in [4.78, 5) is 2.44. The van der Waals surface area contributed by atoms with Crippen LogP contribution in [0, 0.1) is 0 Å². The Morgan fingerprint density at radius 2 is 2.05 bits per heavy atom. The predicted molar refractivity (Wildman–Crippen MR) is 78.7 cm³/mol. The minimum absolute atomic E-state index is 0.170. The van der Waals surface area contributed by atoms with E-state index in [1.807, 2.05) is 29.2 Å². The fourth-order valence-electron chi connectivity index (χ4n) is 2.73. The summed E-state index contributed by atoms with van der Waals surface area (Å²) in [5.41, 5.74) is 1.09. The first kappa shape index (κ1) is 13.2. The molecular formula is C16H21N3O. The van der Waals surface area contributed by atoms with Gasteiger partial charge in [-0.2, -0.15) is 5.10 Å². The van der Waals surface area contributed by atoms with Crippen LogP contribution in [0.3, 0.4) is 0 Å². The number of benzene rings is 1. The van der Waals surface area contributed by atoms with E-state index in [0.29, 0.717) is 0 Å². The van der Waals surface area contributed by atoms with Crippen LogP contribution in [-0.2, 0) is 13.1 Å². The number of aromatic nitrogens is 2. The Hall–Kier alpha value is -1.81. The van der Waals surface area contributed by atoms with Gasteiger partial charge in [0.2, 0.25) is 0 Å². The standard InChI is InChI=1S/C16H21N3O/c1-16(2)13-18(10-11-19-9-5-8-17-19)12-14-6-3-4-7-15(14)20-16/h3-9H,10-13H2,1-2H3. The van der Waals surface area contributed by atoms with Crippen molar-refractivity contribution in [1.82, 2.24) is 14.7 Å². The quantitative estimate of drug-likeness (QED) is 0.859. The predicted octanol–water partition coefficient (Wildman–Crippen LogP) is 2.56. The maximum atomic E-state index is 6.15. The lowest BCUT2D eigenvalue weighted by atomic mass is 10.1. The Morgan fingerprint density at radius 1 is 1.20 bits per heavy atom. The van der Waals surface area contributed by atoms with Crippen LogP contribution < -0.4 is 4.74 Å². The van der Waals surface area contributed by atoms with E-state index in [-0.39, 0.29) is 5.60 Å². The van der Waals surface area contributed by atoms with E-state index in [9.17, 15) is 0 Å². The Kier molecular flexibility index (Phi) is 3.49. The molecule has 0 amide bonds. The summed E-state index contributed by atoms with van der Waals surface area (Å²) in [6.45, 7) is 8.03. The van der Waals surface area contributed by atoms with Crippen LogP contribution >= 0.6 is 0 Å². The van der Waals surface area contributed by atoms with E-state index in [1.165, 1.54) is 5.56 Å². The van der Waals surface area contributed by atoms with Crippen molar-refractivity contribution in [2.45, 2.75) is 32.5 Å². The Bertz CT molecular complexity index is 563. The van der Waals surface area contributed by atoms with Crippen LogP contribution in [-0.4, -0.2) is 33.4 Å². The first-order chi connectivity index (χ1) is 9.62. The van der Waals surface area contributed by atoms with E-state index in [4.69, 9.17) is 4.74 Å². The number of fused-ring (bicyclic) bond motifs is 1. The molecule has 106 valence electrons. The summed E-state index contributed by atoms with van der Waals surface area (Å²) in [6, 6.07) is 10.3. The van der Waals surface area contributed by atoms with Crippen molar-refractivity contribution in [3.8, 4) is 5.75 Å². The second-order valence-electron chi connectivity index (χ2n) is 5.95. The van der Waals surface area contributed by atoms with Crippen molar-refractivity contribution in [3.05, 3.63) is 48.3 Å². The molecule has 2 heterocycles. The molecule has 1 aliphatic heterocycles. The van der Waals surface area contributed by atoms with Crippen LogP contribution in [0.1, 0.15) is 19.4 Å². The normalized spacial score (nSPS) is 18.1. The van der Waals surface area contributed by atoms with E-state index < -0.39 is 0 Å². The largest absolute Gasteiger partial charge is 0.486 e. The lowest BCUT2D eigenvalue weighted by Gasteiger charge is -2.29. The molecule has 4 heteroatoms. The van der Waals surface area contributed by atoms with E-state index >= 15 is 0 Å². The average Bonchev–Trinajstić information content (AvgIpc) is 2.86. The number of rotatable bonds is 3. The first-order valence-electron chi connectivity index (χ1n) is 7.09. The van der Waals surface area contributed by atoms with Gasteiger partial charge in [-0.05, 0) is 26.0 Å². The second kappa shape index (κ2) is 5.29. The summed E-state index contributed by atoms with van der Waals surface area (Å²) >= 11 is 0. The molecule has 0 aliphatic carbocycles. The maximum Gasteiger partial charge on any atom is 0.124 e. The Balaban J connectivity index is 1.75. The molecule has 3 rings (SSSR count). The fourth-order valence-corrected chi connectivity index (χ4v) is 2.73. The zero-order chi connectivity index (χ0) is 14.0. The van der Waals surface area contributed by atoms with Gasteiger partial charge in [0, 0.05) is 37.6 Å². The molecule has 1 aromatic heterocycles. The third-order valence-corrected chi connectivity index (χ3v) is 3.56. The van der Waals surface area contributed by atoms with Crippen molar-refractivity contribution in [1.29, 1.82) is 0 Å². The molecule has 0 fully saturated rings. The van der Waals surface area contributed by atoms with Crippen LogP contribution in [0.4, 0.5) is 0 Å². The minimum Gasteiger partial charge on any atom is -0.486 e. The van der Waals surface area contributed by atoms with Crippen molar-refractivity contribution in [2.24, 2.45) is 0 Å². The highest BCUT2D eigenvalue weighted by Gasteiger charge is 2.28. The molecule has 0 bridgehead atoms. The van der Waals surface area contributed by atoms with E-state index in [2.05, 4.69) is 42.0 Å². The highest BCUT2D eigenvalue weighted by molar-refractivity contribution is 5.34. The lowest BCUT2D eigenvalue weighted by molar-refractivity contribution is 0.0694. The summed E-state index contributed by atoms with van der Waals surface area (Å²) < 4.78 is 8.12. The van der Waals surface area contributed by atoms with Gasteiger partial charge in [-0.15, -0.1) is 0 Å². The van der Waals surface area contributed by atoms with Gasteiger partial charge in [-0.25, -0.2) is 0 Å². The summed E-state index contributed by atoms with van der Waals surface area (Å²) in [5, 5.41) is 4.26. The average molecular weight is 271 g/mol. The summed E-state index contributed by atoms with van der Waals surface area (Å²) in [6.07, 6.45) is 3.83. The monoisotopic (exact) mass is 271 g/mol. The van der Waals surface area contributed by atoms with Crippen LogP contribution in [0.15, 0.2) is 42.7 Å². The molecular weight excluding hydrogens is 250 g/mol. The number of para-hydroxylation sites is 1. The first-order valence-corrected chi connectivity index (χ1v) is 7.09. The van der Waals surface area contributed by atoms with Crippen LogP contribution in [0.25, 0.3) is 0 Å².